The fourth-order valence-corrected chi connectivity index (χ4v) is 3.24. The fraction of sp³-hybridized carbons (Fsp3) is 0.0769. The highest BCUT2D eigenvalue weighted by molar-refractivity contribution is 9.10. The van der Waals surface area contributed by atoms with Gasteiger partial charge in [-0.25, -0.2) is 0 Å². The van der Waals surface area contributed by atoms with Gasteiger partial charge in [0.1, 0.15) is 4.47 Å². The van der Waals surface area contributed by atoms with E-state index >= 15 is 0 Å². The second kappa shape index (κ2) is 6.83. The number of benzene rings is 2. The molecule has 0 aromatic heterocycles. The number of rotatable bonds is 4. The lowest BCUT2D eigenvalue weighted by Gasteiger charge is -2.12. The molecule has 0 unspecified atom stereocenters. The molecule has 110 valence electrons. The Labute approximate surface area is 144 Å². The molecule has 0 bridgehead atoms. The summed E-state index contributed by atoms with van der Waals surface area (Å²) >= 11 is 21.2. The van der Waals surface area contributed by atoms with Crippen LogP contribution >= 0.6 is 50.7 Å². The summed E-state index contributed by atoms with van der Waals surface area (Å²) in [7, 11) is 0. The second-order valence-corrected chi connectivity index (χ2v) is 6.15. The highest BCUT2D eigenvalue weighted by atomic mass is 79.9. The van der Waals surface area contributed by atoms with Crippen LogP contribution in [0.15, 0.2) is 34.8 Å². The maximum Gasteiger partial charge on any atom is 0.283 e. The van der Waals surface area contributed by atoms with Crippen molar-refractivity contribution in [2.45, 2.75) is 6.54 Å². The van der Waals surface area contributed by atoms with E-state index in [1.807, 2.05) is 0 Å². The predicted molar refractivity (Wildman–Crippen MR) is 89.6 cm³/mol. The number of nitro benzene ring substituents is 1. The number of halogens is 4. The first-order valence-electron chi connectivity index (χ1n) is 5.70. The van der Waals surface area contributed by atoms with Gasteiger partial charge in [0.15, 0.2) is 0 Å². The van der Waals surface area contributed by atoms with Gasteiger partial charge in [-0.15, -0.1) is 0 Å². The zero-order valence-electron chi connectivity index (χ0n) is 10.4. The SMILES string of the molecule is O=[N+]([O-])c1cccc(CNc2c(Cl)cc(Cl)cc2Cl)c1Br. The van der Waals surface area contributed by atoms with E-state index in [2.05, 4.69) is 21.2 Å². The molecule has 0 amide bonds. The Morgan fingerprint density at radius 2 is 1.81 bits per heavy atom. The standard InChI is InChI=1S/C13H8BrCl3N2O2/c14-12-7(2-1-3-11(12)19(20)21)6-18-13-9(16)4-8(15)5-10(13)17/h1-5,18H,6H2. The maximum atomic E-state index is 10.9. The van der Waals surface area contributed by atoms with Crippen LogP contribution in [-0.4, -0.2) is 4.92 Å². The minimum absolute atomic E-state index is 0.00241. The van der Waals surface area contributed by atoms with Gasteiger partial charge in [0, 0.05) is 17.6 Å². The number of nitrogens with one attached hydrogen (secondary N) is 1. The Hall–Kier alpha value is -1.01. The number of hydrogen-bond donors (Lipinski definition) is 1. The third-order valence-corrected chi connectivity index (χ3v) is 4.45. The molecule has 2 aromatic carbocycles. The third-order valence-electron chi connectivity index (χ3n) is 2.72. The van der Waals surface area contributed by atoms with Gasteiger partial charge in [-0.3, -0.25) is 10.1 Å². The second-order valence-electron chi connectivity index (χ2n) is 4.11. The summed E-state index contributed by atoms with van der Waals surface area (Å²) in [6, 6.07) is 7.95. The smallest absolute Gasteiger partial charge is 0.283 e. The zero-order valence-corrected chi connectivity index (χ0v) is 14.2. The molecule has 0 saturated carbocycles. The number of nitro groups is 1. The lowest BCUT2D eigenvalue weighted by molar-refractivity contribution is -0.385. The van der Waals surface area contributed by atoms with E-state index in [-0.39, 0.29) is 5.69 Å². The molecule has 21 heavy (non-hydrogen) atoms. The van der Waals surface area contributed by atoms with Crippen molar-refractivity contribution < 1.29 is 4.92 Å². The summed E-state index contributed by atoms with van der Waals surface area (Å²) in [5.74, 6) is 0. The van der Waals surface area contributed by atoms with Crippen LogP contribution in [-0.2, 0) is 6.54 Å². The first-order chi connectivity index (χ1) is 9.90. The van der Waals surface area contributed by atoms with Crippen molar-refractivity contribution in [1.82, 2.24) is 0 Å². The highest BCUT2D eigenvalue weighted by Crippen LogP contribution is 2.35. The maximum absolute atomic E-state index is 10.9. The van der Waals surface area contributed by atoms with E-state index in [1.54, 1.807) is 24.3 Å². The molecule has 0 spiro atoms. The van der Waals surface area contributed by atoms with Gasteiger partial charge in [-0.05, 0) is 33.6 Å². The summed E-state index contributed by atoms with van der Waals surface area (Å²) in [5, 5.41) is 15.2. The van der Waals surface area contributed by atoms with E-state index in [4.69, 9.17) is 34.8 Å². The topological polar surface area (TPSA) is 55.2 Å². The Bertz CT molecular complexity index is 687. The number of nitrogens with zero attached hydrogens (tertiary/aromatic N) is 1. The molecule has 0 heterocycles. The molecule has 0 saturated heterocycles. The van der Waals surface area contributed by atoms with Gasteiger partial charge in [-0.1, -0.05) is 46.9 Å². The Balaban J connectivity index is 2.25. The lowest BCUT2D eigenvalue weighted by atomic mass is 10.2. The van der Waals surface area contributed by atoms with Crippen molar-refractivity contribution in [3.8, 4) is 0 Å². The molecular formula is C13H8BrCl3N2O2. The Kier molecular flexibility index (Phi) is 5.32. The molecule has 0 fully saturated rings. The first kappa shape index (κ1) is 16.4. The van der Waals surface area contributed by atoms with Gasteiger partial charge >= 0.3 is 0 Å². The molecule has 0 aliphatic heterocycles. The summed E-state index contributed by atoms with van der Waals surface area (Å²) in [4.78, 5) is 10.4. The van der Waals surface area contributed by atoms with Gasteiger partial charge in [0.25, 0.3) is 5.69 Å². The van der Waals surface area contributed by atoms with Gasteiger partial charge in [0.05, 0.1) is 20.7 Å². The van der Waals surface area contributed by atoms with E-state index in [1.165, 1.54) is 6.07 Å². The van der Waals surface area contributed by atoms with E-state index < -0.39 is 4.92 Å². The predicted octanol–water partition coefficient (Wildman–Crippen LogP) is 5.93. The highest BCUT2D eigenvalue weighted by Gasteiger charge is 2.15. The average Bonchev–Trinajstić information content (AvgIpc) is 2.38. The molecule has 0 aliphatic carbocycles. The largest absolute Gasteiger partial charge is 0.379 e. The van der Waals surface area contributed by atoms with Crippen molar-refractivity contribution in [1.29, 1.82) is 0 Å². The Morgan fingerprint density at radius 3 is 2.38 bits per heavy atom. The van der Waals surface area contributed by atoms with E-state index in [0.717, 1.165) is 0 Å². The van der Waals surface area contributed by atoms with Crippen LogP contribution in [0.4, 0.5) is 11.4 Å². The molecule has 1 N–H and O–H groups in total. The van der Waals surface area contributed by atoms with Crippen molar-refractivity contribution in [3.05, 3.63) is 65.6 Å². The van der Waals surface area contributed by atoms with E-state index in [0.29, 0.717) is 37.3 Å². The quantitative estimate of drug-likeness (QED) is 0.502. The lowest BCUT2D eigenvalue weighted by Crippen LogP contribution is -2.03. The summed E-state index contributed by atoms with van der Waals surface area (Å²) in [5.41, 5.74) is 1.25. The fourth-order valence-electron chi connectivity index (χ4n) is 1.74. The van der Waals surface area contributed by atoms with Crippen molar-refractivity contribution in [2.24, 2.45) is 0 Å². The first-order valence-corrected chi connectivity index (χ1v) is 7.63. The van der Waals surface area contributed by atoms with Crippen LogP contribution in [0.5, 0.6) is 0 Å². The van der Waals surface area contributed by atoms with Crippen LogP contribution in [0, 0.1) is 10.1 Å². The molecule has 8 heteroatoms. The molecular weight excluding hydrogens is 402 g/mol. The minimum Gasteiger partial charge on any atom is -0.379 e. The molecule has 0 atom stereocenters. The van der Waals surface area contributed by atoms with Crippen molar-refractivity contribution >= 4 is 62.1 Å². The van der Waals surface area contributed by atoms with E-state index in [9.17, 15) is 10.1 Å². The van der Waals surface area contributed by atoms with Crippen molar-refractivity contribution in [2.75, 3.05) is 5.32 Å². The van der Waals surface area contributed by atoms with Crippen LogP contribution < -0.4 is 5.32 Å². The van der Waals surface area contributed by atoms with Crippen LogP contribution in [0.2, 0.25) is 15.1 Å². The molecule has 0 aliphatic rings. The summed E-state index contributed by atoms with van der Waals surface area (Å²) < 4.78 is 0.420. The average molecular weight is 410 g/mol. The van der Waals surface area contributed by atoms with Crippen LogP contribution in [0.3, 0.4) is 0 Å². The number of anilines is 1. The van der Waals surface area contributed by atoms with Crippen LogP contribution in [0.1, 0.15) is 5.56 Å². The normalized spacial score (nSPS) is 10.5. The Morgan fingerprint density at radius 1 is 1.19 bits per heavy atom. The minimum atomic E-state index is -0.449. The molecule has 0 radical (unpaired) electrons. The third kappa shape index (κ3) is 3.80. The number of hydrogen-bond acceptors (Lipinski definition) is 3. The molecule has 2 rings (SSSR count). The van der Waals surface area contributed by atoms with Gasteiger partial charge in [0.2, 0.25) is 0 Å². The molecule has 2 aromatic rings. The monoisotopic (exact) mass is 408 g/mol. The van der Waals surface area contributed by atoms with Gasteiger partial charge in [-0.2, -0.15) is 0 Å². The zero-order chi connectivity index (χ0) is 15.6. The summed E-state index contributed by atoms with van der Waals surface area (Å²) in [6.07, 6.45) is 0. The van der Waals surface area contributed by atoms with Crippen LogP contribution in [0.25, 0.3) is 0 Å². The van der Waals surface area contributed by atoms with Gasteiger partial charge < -0.3 is 5.32 Å². The molecule has 4 nitrogen and oxygen atoms in total. The van der Waals surface area contributed by atoms with Crippen molar-refractivity contribution in [3.63, 3.8) is 0 Å². The summed E-state index contributed by atoms with van der Waals surface area (Å²) in [6.45, 7) is 0.323.